The van der Waals surface area contributed by atoms with E-state index < -0.39 is 0 Å². The third-order valence-corrected chi connectivity index (χ3v) is 5.72. The zero-order chi connectivity index (χ0) is 22.3. The van der Waals surface area contributed by atoms with Crippen molar-refractivity contribution in [3.63, 3.8) is 0 Å². The lowest BCUT2D eigenvalue weighted by molar-refractivity contribution is -0.132. The molecule has 1 fully saturated rings. The van der Waals surface area contributed by atoms with Gasteiger partial charge in [0.1, 0.15) is 5.75 Å². The molecule has 7 heteroatoms. The van der Waals surface area contributed by atoms with Crippen molar-refractivity contribution in [2.45, 2.75) is 19.9 Å². The molecule has 166 valence electrons. The minimum atomic E-state index is 0.249. The fraction of sp³-hybridized carbons (Fsp3) is 0.320. The third kappa shape index (κ3) is 5.42. The molecule has 7 nitrogen and oxygen atoms in total. The summed E-state index contributed by atoms with van der Waals surface area (Å²) in [4.78, 5) is 25.1. The summed E-state index contributed by atoms with van der Waals surface area (Å²) in [7, 11) is 1.66. The van der Waals surface area contributed by atoms with E-state index in [-0.39, 0.29) is 5.91 Å². The number of amides is 1. The second-order valence-electron chi connectivity index (χ2n) is 7.86. The second kappa shape index (κ2) is 10.2. The third-order valence-electron chi connectivity index (χ3n) is 5.72. The molecule has 1 amide bonds. The van der Waals surface area contributed by atoms with Crippen LogP contribution >= 0.6 is 0 Å². The summed E-state index contributed by atoms with van der Waals surface area (Å²) in [6, 6.07) is 16.2. The summed E-state index contributed by atoms with van der Waals surface area (Å²) in [6.45, 7) is 6.28. The van der Waals surface area contributed by atoms with Gasteiger partial charge in [-0.3, -0.25) is 9.69 Å². The first kappa shape index (κ1) is 21.8. The molecule has 3 aromatic rings. The van der Waals surface area contributed by atoms with Crippen LogP contribution < -0.4 is 10.1 Å². The number of carbonyl (C=O) groups excluding carboxylic acids is 1. The van der Waals surface area contributed by atoms with Crippen molar-refractivity contribution in [1.29, 1.82) is 0 Å². The zero-order valence-electron chi connectivity index (χ0n) is 18.6. The van der Waals surface area contributed by atoms with Crippen molar-refractivity contribution < 1.29 is 9.53 Å². The lowest BCUT2D eigenvalue weighted by Crippen LogP contribution is -2.48. The molecule has 2 aromatic carbocycles. The van der Waals surface area contributed by atoms with Gasteiger partial charge >= 0.3 is 0 Å². The number of rotatable bonds is 7. The molecule has 0 atom stereocenters. The molecule has 4 rings (SSSR count). The number of piperazine rings is 1. The van der Waals surface area contributed by atoms with Crippen LogP contribution in [-0.4, -0.2) is 59.0 Å². The number of nitrogens with zero attached hydrogens (tertiary/aromatic N) is 4. The van der Waals surface area contributed by atoms with E-state index >= 15 is 0 Å². The molecule has 0 unspecified atom stereocenters. The second-order valence-corrected chi connectivity index (χ2v) is 7.86. The van der Waals surface area contributed by atoms with Gasteiger partial charge in [0, 0.05) is 62.8 Å². The number of hydrogen-bond donors (Lipinski definition) is 1. The van der Waals surface area contributed by atoms with Crippen molar-refractivity contribution in [2.75, 3.05) is 38.6 Å². The molecule has 1 saturated heterocycles. The Labute approximate surface area is 189 Å². The number of aromatic nitrogens is 2. The van der Waals surface area contributed by atoms with Crippen LogP contribution in [0.5, 0.6) is 5.75 Å². The molecule has 1 N–H and O–H groups in total. The van der Waals surface area contributed by atoms with E-state index in [1.807, 2.05) is 60.6 Å². The van der Waals surface area contributed by atoms with Crippen LogP contribution in [0.25, 0.3) is 11.1 Å². The van der Waals surface area contributed by atoms with Gasteiger partial charge in [0.15, 0.2) is 0 Å². The highest BCUT2D eigenvalue weighted by molar-refractivity contribution is 5.75. The van der Waals surface area contributed by atoms with Crippen molar-refractivity contribution in [2.24, 2.45) is 0 Å². The summed E-state index contributed by atoms with van der Waals surface area (Å²) in [5, 5.41) is 3.26. The lowest BCUT2D eigenvalue weighted by atomic mass is 10.1. The molecule has 1 aromatic heterocycles. The van der Waals surface area contributed by atoms with Crippen LogP contribution in [0, 0.1) is 0 Å². The monoisotopic (exact) mass is 431 g/mol. The quantitative estimate of drug-likeness (QED) is 0.611. The average Bonchev–Trinajstić information content (AvgIpc) is 2.86. The minimum absolute atomic E-state index is 0.249. The fourth-order valence-corrected chi connectivity index (χ4v) is 3.78. The number of benzene rings is 2. The Balaban J connectivity index is 1.30. The van der Waals surface area contributed by atoms with Gasteiger partial charge in [0.05, 0.1) is 7.11 Å². The molecular formula is C25H29N5O2. The van der Waals surface area contributed by atoms with E-state index in [0.717, 1.165) is 55.3 Å². The first-order chi connectivity index (χ1) is 15.6. The maximum absolute atomic E-state index is 11.8. The van der Waals surface area contributed by atoms with Gasteiger partial charge in [-0.15, -0.1) is 0 Å². The van der Waals surface area contributed by atoms with E-state index in [4.69, 9.17) is 4.74 Å². The Bertz CT molecular complexity index is 1010. The lowest BCUT2D eigenvalue weighted by Gasteiger charge is -2.34. The summed E-state index contributed by atoms with van der Waals surface area (Å²) < 4.78 is 5.20. The van der Waals surface area contributed by atoms with Crippen molar-refractivity contribution in [3.8, 4) is 16.9 Å². The predicted octanol–water partition coefficient (Wildman–Crippen LogP) is 3.95. The van der Waals surface area contributed by atoms with E-state index in [1.165, 1.54) is 5.56 Å². The highest BCUT2D eigenvalue weighted by Crippen LogP contribution is 2.22. The minimum Gasteiger partial charge on any atom is -0.497 e. The Morgan fingerprint density at radius 2 is 1.59 bits per heavy atom. The number of nitrogens with one attached hydrogen (secondary N) is 1. The van der Waals surface area contributed by atoms with E-state index in [9.17, 15) is 4.79 Å². The Hall–Kier alpha value is -3.45. The number of anilines is 2. The van der Waals surface area contributed by atoms with Crippen LogP contribution in [0.3, 0.4) is 0 Å². The Kier molecular flexibility index (Phi) is 6.97. The van der Waals surface area contributed by atoms with Gasteiger partial charge in [-0.25, -0.2) is 9.97 Å². The smallest absolute Gasteiger partial charge is 0.227 e. The summed E-state index contributed by atoms with van der Waals surface area (Å²) in [5.74, 6) is 1.64. The van der Waals surface area contributed by atoms with Crippen LogP contribution in [0.2, 0.25) is 0 Å². The van der Waals surface area contributed by atoms with E-state index in [2.05, 4.69) is 32.3 Å². The Morgan fingerprint density at radius 3 is 2.19 bits per heavy atom. The van der Waals surface area contributed by atoms with Crippen molar-refractivity contribution in [3.05, 3.63) is 66.5 Å². The first-order valence-electron chi connectivity index (χ1n) is 11.0. The standard InChI is InChI=1S/C25H29N5O2/c1-3-24(31)30-14-12-29(13-15-30)18-19-4-8-22(9-5-19)28-25-26-16-21(17-27-25)20-6-10-23(32-2)11-7-20/h4-11,16-17H,3,12-15,18H2,1-2H3,(H,26,27,28). The Morgan fingerprint density at radius 1 is 0.938 bits per heavy atom. The largest absolute Gasteiger partial charge is 0.497 e. The number of carbonyl (C=O) groups is 1. The molecule has 0 saturated carbocycles. The molecule has 1 aliphatic heterocycles. The van der Waals surface area contributed by atoms with Crippen LogP contribution in [-0.2, 0) is 11.3 Å². The molecule has 0 radical (unpaired) electrons. The van der Waals surface area contributed by atoms with Gasteiger partial charge in [-0.05, 0) is 35.4 Å². The molecule has 0 bridgehead atoms. The maximum Gasteiger partial charge on any atom is 0.227 e. The average molecular weight is 432 g/mol. The number of ether oxygens (including phenoxy) is 1. The normalized spacial score (nSPS) is 14.2. The van der Waals surface area contributed by atoms with E-state index in [1.54, 1.807) is 7.11 Å². The molecule has 1 aliphatic rings. The zero-order valence-corrected chi connectivity index (χ0v) is 18.6. The topological polar surface area (TPSA) is 70.6 Å². The number of methoxy groups -OCH3 is 1. The summed E-state index contributed by atoms with van der Waals surface area (Å²) >= 11 is 0. The van der Waals surface area contributed by atoms with Crippen LogP contribution in [0.1, 0.15) is 18.9 Å². The number of hydrogen-bond acceptors (Lipinski definition) is 6. The SMILES string of the molecule is CCC(=O)N1CCN(Cc2ccc(Nc3ncc(-c4ccc(OC)cc4)cn3)cc2)CC1. The van der Waals surface area contributed by atoms with Crippen LogP contribution in [0.15, 0.2) is 60.9 Å². The maximum atomic E-state index is 11.8. The highest BCUT2D eigenvalue weighted by Gasteiger charge is 2.19. The molecule has 0 aliphatic carbocycles. The van der Waals surface area contributed by atoms with Gasteiger partial charge in [0.2, 0.25) is 11.9 Å². The van der Waals surface area contributed by atoms with Gasteiger partial charge < -0.3 is 15.0 Å². The van der Waals surface area contributed by atoms with E-state index in [0.29, 0.717) is 12.4 Å². The predicted molar refractivity (Wildman–Crippen MR) is 126 cm³/mol. The van der Waals surface area contributed by atoms with Gasteiger partial charge in [0.25, 0.3) is 0 Å². The van der Waals surface area contributed by atoms with Gasteiger partial charge in [-0.1, -0.05) is 31.2 Å². The molecule has 32 heavy (non-hydrogen) atoms. The van der Waals surface area contributed by atoms with Crippen molar-refractivity contribution >= 4 is 17.5 Å². The highest BCUT2D eigenvalue weighted by atomic mass is 16.5. The summed E-state index contributed by atoms with van der Waals surface area (Å²) in [6.07, 6.45) is 4.21. The molecular weight excluding hydrogens is 402 g/mol. The van der Waals surface area contributed by atoms with Crippen molar-refractivity contribution in [1.82, 2.24) is 19.8 Å². The first-order valence-corrected chi connectivity index (χ1v) is 11.0. The molecule has 2 heterocycles. The van der Waals surface area contributed by atoms with Crippen LogP contribution in [0.4, 0.5) is 11.6 Å². The molecule has 0 spiro atoms. The van der Waals surface area contributed by atoms with Gasteiger partial charge in [-0.2, -0.15) is 0 Å². The summed E-state index contributed by atoms with van der Waals surface area (Å²) in [5.41, 5.74) is 4.20. The fourth-order valence-electron chi connectivity index (χ4n) is 3.78.